The molecule has 132 valence electrons. The van der Waals surface area contributed by atoms with Crippen molar-refractivity contribution < 1.29 is 0 Å². The number of fused-ring (bicyclic) bond motifs is 2. The summed E-state index contributed by atoms with van der Waals surface area (Å²) in [5.74, 6) is 3.28. The SMILES string of the molecule is Cc1nnc2ccc(N3CC(CNc4nc5ccccc5n4C)C3)nn12. The molecule has 8 heteroatoms. The second-order valence-corrected chi connectivity index (χ2v) is 6.84. The van der Waals surface area contributed by atoms with Crippen molar-refractivity contribution in [3.63, 3.8) is 0 Å². The molecule has 0 bridgehead atoms. The molecule has 0 radical (unpaired) electrons. The molecule has 1 aliphatic heterocycles. The molecule has 0 atom stereocenters. The first-order valence-corrected chi connectivity index (χ1v) is 8.78. The summed E-state index contributed by atoms with van der Waals surface area (Å²) in [6.45, 7) is 4.78. The van der Waals surface area contributed by atoms with Gasteiger partial charge in [0.25, 0.3) is 0 Å². The summed E-state index contributed by atoms with van der Waals surface area (Å²) in [7, 11) is 2.05. The monoisotopic (exact) mass is 348 g/mol. The predicted octanol–water partition coefficient (Wildman–Crippen LogP) is 1.87. The molecule has 3 aromatic heterocycles. The van der Waals surface area contributed by atoms with Gasteiger partial charge in [-0.2, -0.15) is 4.52 Å². The number of hydrogen-bond donors (Lipinski definition) is 1. The average molecular weight is 348 g/mol. The number of aromatic nitrogens is 6. The van der Waals surface area contributed by atoms with Crippen LogP contribution >= 0.6 is 0 Å². The topological polar surface area (TPSA) is 76.2 Å². The van der Waals surface area contributed by atoms with E-state index in [1.54, 1.807) is 4.52 Å². The fourth-order valence-electron chi connectivity index (χ4n) is 3.48. The van der Waals surface area contributed by atoms with Crippen LogP contribution in [0.3, 0.4) is 0 Å². The van der Waals surface area contributed by atoms with Gasteiger partial charge in [0, 0.05) is 32.6 Å². The summed E-state index contributed by atoms with van der Waals surface area (Å²) < 4.78 is 3.90. The first kappa shape index (κ1) is 15.1. The molecular formula is C18H20N8. The number of nitrogens with one attached hydrogen (secondary N) is 1. The fourth-order valence-corrected chi connectivity index (χ4v) is 3.48. The van der Waals surface area contributed by atoms with E-state index in [4.69, 9.17) is 0 Å². The van der Waals surface area contributed by atoms with Crippen molar-refractivity contribution in [2.24, 2.45) is 13.0 Å². The van der Waals surface area contributed by atoms with Crippen LogP contribution in [-0.4, -0.2) is 49.0 Å². The van der Waals surface area contributed by atoms with Crippen molar-refractivity contribution in [3.05, 3.63) is 42.2 Å². The van der Waals surface area contributed by atoms with Crippen LogP contribution < -0.4 is 10.2 Å². The van der Waals surface area contributed by atoms with Crippen molar-refractivity contribution in [1.29, 1.82) is 0 Å². The zero-order valence-electron chi connectivity index (χ0n) is 14.8. The Morgan fingerprint density at radius 2 is 1.96 bits per heavy atom. The number of hydrogen-bond acceptors (Lipinski definition) is 6. The standard InChI is InChI=1S/C18H20N8/c1-12-21-22-16-7-8-17(23-26(12)16)25-10-13(11-25)9-19-18-20-14-5-3-4-6-15(14)24(18)2/h3-8,13H,9-11H2,1-2H3,(H,19,20). The molecule has 1 aromatic carbocycles. The zero-order chi connectivity index (χ0) is 17.7. The maximum Gasteiger partial charge on any atom is 0.203 e. The van der Waals surface area contributed by atoms with Gasteiger partial charge in [-0.3, -0.25) is 0 Å². The fraction of sp³-hybridized carbons (Fsp3) is 0.333. The largest absolute Gasteiger partial charge is 0.355 e. The Balaban J connectivity index is 1.23. The third-order valence-corrected chi connectivity index (χ3v) is 5.02. The van der Waals surface area contributed by atoms with E-state index in [9.17, 15) is 0 Å². The number of imidazole rings is 1. The summed E-state index contributed by atoms with van der Waals surface area (Å²) in [5.41, 5.74) is 2.95. The number of aryl methyl sites for hydroxylation is 2. The summed E-state index contributed by atoms with van der Waals surface area (Å²) in [6, 6.07) is 12.2. The molecule has 5 rings (SSSR count). The van der Waals surface area contributed by atoms with Gasteiger partial charge in [-0.05, 0) is 31.2 Å². The first-order chi connectivity index (χ1) is 12.7. The molecule has 1 saturated heterocycles. The Hall–Kier alpha value is -3.16. The van der Waals surface area contributed by atoms with E-state index in [2.05, 4.69) is 41.1 Å². The lowest BCUT2D eigenvalue weighted by molar-refractivity contribution is 0.424. The molecule has 1 aliphatic rings. The number of para-hydroxylation sites is 2. The number of anilines is 2. The summed E-state index contributed by atoms with van der Waals surface area (Å²) in [6.07, 6.45) is 0. The highest BCUT2D eigenvalue weighted by Gasteiger charge is 2.28. The van der Waals surface area contributed by atoms with E-state index in [0.29, 0.717) is 5.92 Å². The van der Waals surface area contributed by atoms with Gasteiger partial charge >= 0.3 is 0 Å². The van der Waals surface area contributed by atoms with Crippen LogP contribution in [0, 0.1) is 12.8 Å². The third-order valence-electron chi connectivity index (χ3n) is 5.02. The Morgan fingerprint density at radius 3 is 2.81 bits per heavy atom. The van der Waals surface area contributed by atoms with Crippen LogP contribution in [0.4, 0.5) is 11.8 Å². The van der Waals surface area contributed by atoms with Crippen molar-refractivity contribution in [3.8, 4) is 0 Å². The Bertz CT molecular complexity index is 1090. The maximum atomic E-state index is 4.67. The second kappa shape index (κ2) is 5.69. The maximum absolute atomic E-state index is 4.67. The van der Waals surface area contributed by atoms with E-state index in [-0.39, 0.29) is 0 Å². The first-order valence-electron chi connectivity index (χ1n) is 8.78. The minimum Gasteiger partial charge on any atom is -0.355 e. The molecule has 0 saturated carbocycles. The van der Waals surface area contributed by atoms with Crippen LogP contribution in [-0.2, 0) is 7.05 Å². The minimum absolute atomic E-state index is 0.578. The van der Waals surface area contributed by atoms with Gasteiger partial charge < -0.3 is 14.8 Å². The molecule has 0 spiro atoms. The molecule has 4 heterocycles. The number of nitrogens with zero attached hydrogens (tertiary/aromatic N) is 7. The highest BCUT2D eigenvalue weighted by atomic mass is 15.4. The van der Waals surface area contributed by atoms with Crippen LogP contribution in [0.2, 0.25) is 0 Å². The summed E-state index contributed by atoms with van der Waals surface area (Å²) >= 11 is 0. The molecule has 4 aromatic rings. The van der Waals surface area contributed by atoms with Gasteiger partial charge in [-0.15, -0.1) is 15.3 Å². The normalized spacial score (nSPS) is 14.9. The quantitative estimate of drug-likeness (QED) is 0.607. The van der Waals surface area contributed by atoms with Crippen LogP contribution in [0.25, 0.3) is 16.7 Å². The molecular weight excluding hydrogens is 328 g/mol. The molecule has 0 aliphatic carbocycles. The highest BCUT2D eigenvalue weighted by molar-refractivity contribution is 5.78. The van der Waals surface area contributed by atoms with Gasteiger partial charge in [-0.25, -0.2) is 4.98 Å². The molecule has 1 fully saturated rings. The van der Waals surface area contributed by atoms with Crippen molar-refractivity contribution >= 4 is 28.4 Å². The van der Waals surface area contributed by atoms with Crippen LogP contribution in [0.1, 0.15) is 5.82 Å². The van der Waals surface area contributed by atoms with Gasteiger partial charge in [0.05, 0.1) is 11.0 Å². The van der Waals surface area contributed by atoms with Crippen molar-refractivity contribution in [1.82, 2.24) is 29.4 Å². The Morgan fingerprint density at radius 1 is 1.12 bits per heavy atom. The molecule has 8 nitrogen and oxygen atoms in total. The molecule has 0 amide bonds. The lowest BCUT2D eigenvalue weighted by Crippen LogP contribution is -2.50. The second-order valence-electron chi connectivity index (χ2n) is 6.84. The van der Waals surface area contributed by atoms with Gasteiger partial charge in [0.1, 0.15) is 5.82 Å². The third kappa shape index (κ3) is 2.37. The van der Waals surface area contributed by atoms with E-state index >= 15 is 0 Å². The molecule has 0 unspecified atom stereocenters. The van der Waals surface area contributed by atoms with E-state index in [1.165, 1.54) is 0 Å². The van der Waals surface area contributed by atoms with Gasteiger partial charge in [0.15, 0.2) is 11.5 Å². The van der Waals surface area contributed by atoms with Crippen LogP contribution in [0.5, 0.6) is 0 Å². The zero-order valence-corrected chi connectivity index (χ0v) is 14.8. The lowest BCUT2D eigenvalue weighted by Gasteiger charge is -2.40. The Labute approximate surface area is 150 Å². The average Bonchev–Trinajstić information content (AvgIpc) is 3.15. The summed E-state index contributed by atoms with van der Waals surface area (Å²) in [5, 5.41) is 16.3. The van der Waals surface area contributed by atoms with E-state index in [1.807, 2.05) is 44.3 Å². The van der Waals surface area contributed by atoms with Crippen LogP contribution in [0.15, 0.2) is 36.4 Å². The van der Waals surface area contributed by atoms with Gasteiger partial charge in [0.2, 0.25) is 5.95 Å². The Kier molecular flexibility index (Phi) is 3.31. The summed E-state index contributed by atoms with van der Waals surface area (Å²) in [4.78, 5) is 6.94. The lowest BCUT2D eigenvalue weighted by atomic mass is 10.0. The predicted molar refractivity (Wildman–Crippen MR) is 100 cm³/mol. The smallest absolute Gasteiger partial charge is 0.203 e. The van der Waals surface area contributed by atoms with E-state index in [0.717, 1.165) is 53.9 Å². The number of benzene rings is 1. The van der Waals surface area contributed by atoms with Crippen molar-refractivity contribution in [2.45, 2.75) is 6.92 Å². The molecule has 26 heavy (non-hydrogen) atoms. The number of rotatable bonds is 4. The molecule has 1 N–H and O–H groups in total. The van der Waals surface area contributed by atoms with Crippen molar-refractivity contribution in [2.75, 3.05) is 29.9 Å². The highest BCUT2D eigenvalue weighted by Crippen LogP contribution is 2.24. The minimum atomic E-state index is 0.578. The van der Waals surface area contributed by atoms with Gasteiger partial charge in [-0.1, -0.05) is 12.1 Å². The van der Waals surface area contributed by atoms with E-state index < -0.39 is 0 Å².